The average Bonchev–Trinajstić information content (AvgIpc) is 2.27. The SMILES string of the molecule is COCC(CBr)(CBr)c1ccccc1C. The molecule has 1 aromatic carbocycles. The van der Waals surface area contributed by atoms with Gasteiger partial charge >= 0.3 is 0 Å². The Kier molecular flexibility index (Phi) is 5.30. The minimum Gasteiger partial charge on any atom is -0.384 e. The Hall–Kier alpha value is 0.140. The first-order valence-electron chi connectivity index (χ1n) is 4.87. The van der Waals surface area contributed by atoms with Gasteiger partial charge in [0.15, 0.2) is 0 Å². The molecule has 1 rings (SSSR count). The lowest BCUT2D eigenvalue weighted by molar-refractivity contribution is 0.151. The summed E-state index contributed by atoms with van der Waals surface area (Å²) in [4.78, 5) is 0. The van der Waals surface area contributed by atoms with E-state index < -0.39 is 0 Å². The monoisotopic (exact) mass is 334 g/mol. The molecule has 0 aliphatic heterocycles. The molecule has 0 atom stereocenters. The predicted molar refractivity (Wildman–Crippen MR) is 72.3 cm³/mol. The summed E-state index contributed by atoms with van der Waals surface area (Å²) in [6.07, 6.45) is 0. The van der Waals surface area contributed by atoms with Gasteiger partial charge in [0.25, 0.3) is 0 Å². The van der Waals surface area contributed by atoms with Crippen molar-refractivity contribution >= 4 is 31.9 Å². The first-order valence-corrected chi connectivity index (χ1v) is 7.11. The normalized spacial score (nSPS) is 11.7. The maximum Gasteiger partial charge on any atom is 0.0575 e. The van der Waals surface area contributed by atoms with Gasteiger partial charge in [-0.3, -0.25) is 0 Å². The number of aryl methyl sites for hydroxylation is 1. The first kappa shape index (κ1) is 13.2. The number of methoxy groups -OCH3 is 1. The van der Waals surface area contributed by atoms with E-state index in [0.717, 1.165) is 10.7 Å². The van der Waals surface area contributed by atoms with Crippen LogP contribution in [0.1, 0.15) is 11.1 Å². The molecule has 0 radical (unpaired) electrons. The zero-order valence-electron chi connectivity index (χ0n) is 9.09. The lowest BCUT2D eigenvalue weighted by atomic mass is 9.83. The number of halogens is 2. The van der Waals surface area contributed by atoms with Crippen molar-refractivity contribution < 1.29 is 4.74 Å². The van der Waals surface area contributed by atoms with Crippen LogP contribution < -0.4 is 0 Å². The van der Waals surface area contributed by atoms with Gasteiger partial charge in [-0.15, -0.1) is 0 Å². The van der Waals surface area contributed by atoms with Gasteiger partial charge in [0.1, 0.15) is 0 Å². The van der Waals surface area contributed by atoms with Crippen molar-refractivity contribution in [1.29, 1.82) is 0 Å². The molecule has 0 spiro atoms. The van der Waals surface area contributed by atoms with E-state index in [0.29, 0.717) is 6.61 Å². The highest BCUT2D eigenvalue weighted by Gasteiger charge is 2.31. The zero-order chi connectivity index (χ0) is 11.3. The van der Waals surface area contributed by atoms with Crippen LogP contribution in [0.25, 0.3) is 0 Å². The Morgan fingerprint density at radius 1 is 1.20 bits per heavy atom. The predicted octanol–water partition coefficient (Wildman–Crippen LogP) is 3.67. The van der Waals surface area contributed by atoms with E-state index in [9.17, 15) is 0 Å². The molecule has 0 amide bonds. The fourth-order valence-corrected chi connectivity index (χ4v) is 3.64. The molecule has 0 unspecified atom stereocenters. The summed E-state index contributed by atoms with van der Waals surface area (Å²) in [7, 11) is 1.75. The summed E-state index contributed by atoms with van der Waals surface area (Å²) in [6.45, 7) is 2.86. The van der Waals surface area contributed by atoms with Crippen molar-refractivity contribution in [1.82, 2.24) is 0 Å². The van der Waals surface area contributed by atoms with Gasteiger partial charge in [0.05, 0.1) is 6.61 Å². The van der Waals surface area contributed by atoms with Crippen LogP contribution in [0, 0.1) is 6.92 Å². The van der Waals surface area contributed by atoms with E-state index in [-0.39, 0.29) is 5.41 Å². The van der Waals surface area contributed by atoms with Crippen LogP contribution in [0.2, 0.25) is 0 Å². The number of benzene rings is 1. The number of ether oxygens (including phenoxy) is 1. The van der Waals surface area contributed by atoms with E-state index in [4.69, 9.17) is 4.74 Å². The Bertz CT molecular complexity index is 308. The topological polar surface area (TPSA) is 9.23 Å². The van der Waals surface area contributed by atoms with Crippen LogP contribution in [-0.4, -0.2) is 24.4 Å². The molecule has 0 N–H and O–H groups in total. The molecule has 0 fully saturated rings. The quantitative estimate of drug-likeness (QED) is 0.746. The highest BCUT2D eigenvalue weighted by molar-refractivity contribution is 9.09. The second-order valence-electron chi connectivity index (χ2n) is 3.80. The van der Waals surface area contributed by atoms with Crippen LogP contribution in [-0.2, 0) is 10.2 Å². The molecule has 0 bridgehead atoms. The largest absolute Gasteiger partial charge is 0.384 e. The maximum atomic E-state index is 5.34. The van der Waals surface area contributed by atoms with Gasteiger partial charge in [0.2, 0.25) is 0 Å². The molecule has 0 aromatic heterocycles. The van der Waals surface area contributed by atoms with E-state index in [1.807, 2.05) is 0 Å². The molecule has 0 aliphatic rings. The van der Waals surface area contributed by atoms with Gasteiger partial charge < -0.3 is 4.74 Å². The molecule has 84 valence electrons. The Balaban J connectivity index is 3.13. The third-order valence-corrected chi connectivity index (χ3v) is 4.80. The molecule has 0 aliphatic carbocycles. The number of hydrogen-bond donors (Lipinski definition) is 0. The van der Waals surface area contributed by atoms with Crippen LogP contribution in [0.4, 0.5) is 0 Å². The summed E-state index contributed by atoms with van der Waals surface area (Å²) in [6, 6.07) is 8.47. The van der Waals surface area contributed by atoms with Crippen molar-refractivity contribution in [3.8, 4) is 0 Å². The van der Waals surface area contributed by atoms with Gasteiger partial charge in [-0.25, -0.2) is 0 Å². The van der Waals surface area contributed by atoms with Crippen molar-refractivity contribution in [2.45, 2.75) is 12.3 Å². The standard InChI is InChI=1S/C12H16Br2O/c1-10-5-3-4-6-11(10)12(7-13,8-14)9-15-2/h3-6H,7-9H2,1-2H3. The molecular formula is C12H16Br2O. The molecule has 3 heteroatoms. The summed E-state index contributed by atoms with van der Waals surface area (Å²) in [5.41, 5.74) is 2.69. The third-order valence-electron chi connectivity index (χ3n) is 2.65. The number of rotatable bonds is 5. The first-order chi connectivity index (χ1) is 7.20. The smallest absolute Gasteiger partial charge is 0.0575 e. The Labute approximate surface area is 108 Å². The van der Waals surface area contributed by atoms with Crippen molar-refractivity contribution in [3.05, 3.63) is 35.4 Å². The van der Waals surface area contributed by atoms with Crippen LogP contribution in [0.5, 0.6) is 0 Å². The van der Waals surface area contributed by atoms with Gasteiger partial charge in [0, 0.05) is 23.2 Å². The summed E-state index contributed by atoms with van der Waals surface area (Å²) in [5.74, 6) is 0. The highest BCUT2D eigenvalue weighted by atomic mass is 79.9. The van der Waals surface area contributed by atoms with Crippen molar-refractivity contribution in [3.63, 3.8) is 0 Å². The van der Waals surface area contributed by atoms with E-state index in [2.05, 4.69) is 63.0 Å². The summed E-state index contributed by atoms with van der Waals surface area (Å²) < 4.78 is 5.34. The molecule has 1 nitrogen and oxygen atoms in total. The van der Waals surface area contributed by atoms with Crippen LogP contribution in [0.15, 0.2) is 24.3 Å². The van der Waals surface area contributed by atoms with Crippen LogP contribution in [0.3, 0.4) is 0 Å². The second kappa shape index (κ2) is 6.02. The Morgan fingerprint density at radius 2 is 1.80 bits per heavy atom. The third kappa shape index (κ3) is 2.83. The van der Waals surface area contributed by atoms with Crippen molar-refractivity contribution in [2.24, 2.45) is 0 Å². The summed E-state index contributed by atoms with van der Waals surface area (Å²) >= 11 is 7.19. The molecule has 1 aromatic rings. The fourth-order valence-electron chi connectivity index (χ4n) is 1.78. The Morgan fingerprint density at radius 3 is 2.27 bits per heavy atom. The van der Waals surface area contributed by atoms with Crippen molar-refractivity contribution in [2.75, 3.05) is 24.4 Å². The van der Waals surface area contributed by atoms with E-state index in [1.54, 1.807) is 7.11 Å². The average molecular weight is 336 g/mol. The minimum atomic E-state index is 0.0279. The van der Waals surface area contributed by atoms with Gasteiger partial charge in [-0.2, -0.15) is 0 Å². The maximum absolute atomic E-state index is 5.34. The number of alkyl halides is 2. The summed E-state index contributed by atoms with van der Waals surface area (Å²) in [5, 5.41) is 1.79. The fraction of sp³-hybridized carbons (Fsp3) is 0.500. The van der Waals surface area contributed by atoms with E-state index in [1.165, 1.54) is 11.1 Å². The number of hydrogen-bond acceptors (Lipinski definition) is 1. The molecule has 0 saturated heterocycles. The zero-order valence-corrected chi connectivity index (χ0v) is 12.3. The second-order valence-corrected chi connectivity index (χ2v) is 4.92. The lowest BCUT2D eigenvalue weighted by Gasteiger charge is -2.31. The molecule has 0 saturated carbocycles. The van der Waals surface area contributed by atoms with E-state index >= 15 is 0 Å². The molecular weight excluding hydrogens is 320 g/mol. The van der Waals surface area contributed by atoms with Gasteiger partial charge in [-0.05, 0) is 18.1 Å². The molecule has 0 heterocycles. The molecule has 15 heavy (non-hydrogen) atoms. The highest BCUT2D eigenvalue weighted by Crippen LogP contribution is 2.31. The lowest BCUT2D eigenvalue weighted by Crippen LogP contribution is -2.36. The van der Waals surface area contributed by atoms with Crippen LogP contribution >= 0.6 is 31.9 Å². The minimum absolute atomic E-state index is 0.0279. The van der Waals surface area contributed by atoms with Gasteiger partial charge in [-0.1, -0.05) is 56.1 Å².